The van der Waals surface area contributed by atoms with Crippen molar-refractivity contribution >= 4 is 34.7 Å². The molecule has 4 rings (SSSR count). The highest BCUT2D eigenvalue weighted by molar-refractivity contribution is 6.01. The van der Waals surface area contributed by atoms with Crippen molar-refractivity contribution in [1.82, 2.24) is 25.1 Å². The SMILES string of the molecule is C=CC(=O)Nc1cc(C)ccc1Nc1nc(Nc2cc(-c3ncn[nH]3)ccc2C)ncc1C(F)(F)F. The third-order valence-electron chi connectivity index (χ3n) is 5.14. The smallest absolute Gasteiger partial charge is 0.338 e. The molecule has 9 nitrogen and oxygen atoms in total. The Morgan fingerprint density at radius 2 is 1.83 bits per heavy atom. The summed E-state index contributed by atoms with van der Waals surface area (Å²) >= 11 is 0. The number of aromatic amines is 1. The molecule has 1 amide bonds. The van der Waals surface area contributed by atoms with Gasteiger partial charge < -0.3 is 16.0 Å². The number of rotatable bonds is 7. The van der Waals surface area contributed by atoms with Gasteiger partial charge in [-0.05, 0) is 49.2 Å². The number of carbonyl (C=O) groups excluding carboxylic acids is 1. The average Bonchev–Trinajstić information content (AvgIpc) is 3.36. The fourth-order valence-corrected chi connectivity index (χ4v) is 3.30. The van der Waals surface area contributed by atoms with Gasteiger partial charge in [0.05, 0.1) is 11.4 Å². The van der Waals surface area contributed by atoms with Crippen LogP contribution >= 0.6 is 0 Å². The summed E-state index contributed by atoms with van der Waals surface area (Å²) in [7, 11) is 0. The van der Waals surface area contributed by atoms with E-state index in [0.29, 0.717) is 23.3 Å². The number of halogens is 3. The summed E-state index contributed by atoms with van der Waals surface area (Å²) in [4.78, 5) is 23.9. The predicted molar refractivity (Wildman–Crippen MR) is 130 cm³/mol. The van der Waals surface area contributed by atoms with Gasteiger partial charge >= 0.3 is 6.18 Å². The maximum atomic E-state index is 13.8. The first-order valence-corrected chi connectivity index (χ1v) is 10.6. The van der Waals surface area contributed by atoms with Crippen LogP contribution in [0.5, 0.6) is 0 Å². The Labute approximate surface area is 203 Å². The summed E-state index contributed by atoms with van der Waals surface area (Å²) in [6, 6.07) is 10.3. The second kappa shape index (κ2) is 9.86. The third kappa shape index (κ3) is 5.49. The number of hydrogen-bond acceptors (Lipinski definition) is 7. The first-order valence-electron chi connectivity index (χ1n) is 10.6. The van der Waals surface area contributed by atoms with Gasteiger partial charge in [0.15, 0.2) is 5.82 Å². The number of aromatic nitrogens is 5. The number of alkyl halides is 3. The summed E-state index contributed by atoms with van der Waals surface area (Å²) in [6.07, 6.45) is -1.59. The minimum absolute atomic E-state index is 0.0629. The van der Waals surface area contributed by atoms with Gasteiger partial charge in [-0.1, -0.05) is 24.8 Å². The van der Waals surface area contributed by atoms with Crippen molar-refractivity contribution in [3.63, 3.8) is 0 Å². The maximum absolute atomic E-state index is 13.8. The van der Waals surface area contributed by atoms with Gasteiger partial charge in [-0.25, -0.2) is 9.97 Å². The molecule has 12 heteroatoms. The summed E-state index contributed by atoms with van der Waals surface area (Å²) < 4.78 is 41.3. The zero-order valence-corrected chi connectivity index (χ0v) is 19.2. The molecule has 0 unspecified atom stereocenters. The lowest BCUT2D eigenvalue weighted by atomic mass is 10.1. The molecule has 2 aromatic heterocycles. The minimum atomic E-state index is -4.72. The van der Waals surface area contributed by atoms with Crippen LogP contribution in [-0.4, -0.2) is 31.1 Å². The number of aryl methyl sites for hydroxylation is 2. The van der Waals surface area contributed by atoms with E-state index >= 15 is 0 Å². The normalized spacial score (nSPS) is 11.1. The van der Waals surface area contributed by atoms with Gasteiger partial charge in [0, 0.05) is 17.4 Å². The lowest BCUT2D eigenvalue weighted by Gasteiger charge is -2.18. The molecule has 0 spiro atoms. The molecule has 0 saturated carbocycles. The van der Waals surface area contributed by atoms with Crippen molar-refractivity contribution < 1.29 is 18.0 Å². The molecule has 0 aliphatic carbocycles. The van der Waals surface area contributed by atoms with Crippen LogP contribution in [0, 0.1) is 13.8 Å². The summed E-state index contributed by atoms with van der Waals surface area (Å²) in [5.41, 5.74) is 2.32. The van der Waals surface area contributed by atoms with E-state index in [9.17, 15) is 18.0 Å². The van der Waals surface area contributed by atoms with Crippen LogP contribution < -0.4 is 16.0 Å². The number of amides is 1. The largest absolute Gasteiger partial charge is 0.421 e. The minimum Gasteiger partial charge on any atom is -0.338 e. The Hall–Kier alpha value is -4.74. The first-order chi connectivity index (χ1) is 17.1. The molecule has 0 atom stereocenters. The Balaban J connectivity index is 1.71. The predicted octanol–water partition coefficient (Wildman–Crippen LogP) is 5.51. The van der Waals surface area contributed by atoms with E-state index < -0.39 is 23.5 Å². The van der Waals surface area contributed by atoms with Crippen LogP contribution in [0.15, 0.2) is 61.6 Å². The molecule has 4 N–H and O–H groups in total. The molecule has 36 heavy (non-hydrogen) atoms. The van der Waals surface area contributed by atoms with Crippen molar-refractivity contribution in [3.8, 4) is 11.4 Å². The van der Waals surface area contributed by atoms with E-state index in [1.165, 1.54) is 6.33 Å². The molecular weight excluding hydrogens is 473 g/mol. The van der Waals surface area contributed by atoms with E-state index in [2.05, 4.69) is 47.7 Å². The molecule has 2 heterocycles. The Morgan fingerprint density at radius 3 is 2.53 bits per heavy atom. The molecule has 0 aliphatic heterocycles. The number of anilines is 5. The maximum Gasteiger partial charge on any atom is 0.421 e. The van der Waals surface area contributed by atoms with E-state index in [-0.39, 0.29) is 17.3 Å². The van der Waals surface area contributed by atoms with Crippen LogP contribution in [0.3, 0.4) is 0 Å². The van der Waals surface area contributed by atoms with Gasteiger partial charge in [-0.2, -0.15) is 23.3 Å². The van der Waals surface area contributed by atoms with E-state index in [1.807, 2.05) is 19.1 Å². The summed E-state index contributed by atoms with van der Waals surface area (Å²) in [6.45, 7) is 7.02. The standard InChI is InChI=1S/C24H21F3N8O/c1-4-20(36)31-19-9-13(2)5-8-17(19)32-22-16(24(25,26)27)11-28-23(34-22)33-18-10-15(7-6-14(18)3)21-29-12-30-35-21/h4-12H,1H2,2-3H3,(H,31,36)(H,29,30,35)(H2,28,32,33,34). The van der Waals surface area contributed by atoms with Gasteiger partial charge in [-0.15, -0.1) is 0 Å². The Bertz CT molecular complexity index is 1420. The van der Waals surface area contributed by atoms with E-state index in [0.717, 1.165) is 17.2 Å². The van der Waals surface area contributed by atoms with Gasteiger partial charge in [0.25, 0.3) is 0 Å². The lowest BCUT2D eigenvalue weighted by molar-refractivity contribution is -0.137. The molecule has 2 aromatic carbocycles. The molecule has 184 valence electrons. The van der Waals surface area contributed by atoms with Crippen LogP contribution in [0.1, 0.15) is 16.7 Å². The molecule has 0 bridgehead atoms. The van der Waals surface area contributed by atoms with Crippen LogP contribution in [-0.2, 0) is 11.0 Å². The van der Waals surface area contributed by atoms with E-state index in [1.54, 1.807) is 31.2 Å². The molecule has 0 radical (unpaired) electrons. The molecular formula is C24H21F3N8O. The Morgan fingerprint density at radius 1 is 1.03 bits per heavy atom. The first kappa shape index (κ1) is 24.4. The number of nitrogens with one attached hydrogen (secondary N) is 4. The second-order valence-corrected chi connectivity index (χ2v) is 7.81. The van der Waals surface area contributed by atoms with Crippen molar-refractivity contribution in [2.24, 2.45) is 0 Å². The highest BCUT2D eigenvalue weighted by Crippen LogP contribution is 2.37. The third-order valence-corrected chi connectivity index (χ3v) is 5.14. The number of nitrogens with zero attached hydrogens (tertiary/aromatic N) is 4. The number of benzene rings is 2. The Kier molecular flexibility index (Phi) is 6.68. The summed E-state index contributed by atoms with van der Waals surface area (Å²) in [5, 5.41) is 14.8. The topological polar surface area (TPSA) is 121 Å². The highest BCUT2D eigenvalue weighted by atomic mass is 19.4. The van der Waals surface area contributed by atoms with Crippen LogP contribution in [0.25, 0.3) is 11.4 Å². The van der Waals surface area contributed by atoms with Gasteiger partial charge in [-0.3, -0.25) is 9.89 Å². The number of H-pyrrole nitrogens is 1. The van der Waals surface area contributed by atoms with Crippen molar-refractivity contribution in [3.05, 3.63) is 78.3 Å². The highest BCUT2D eigenvalue weighted by Gasteiger charge is 2.35. The quantitative estimate of drug-likeness (QED) is 0.250. The zero-order chi connectivity index (χ0) is 25.9. The lowest BCUT2D eigenvalue weighted by Crippen LogP contribution is -2.14. The number of carbonyl (C=O) groups is 1. The second-order valence-electron chi connectivity index (χ2n) is 7.81. The van der Waals surface area contributed by atoms with Crippen LogP contribution in [0.4, 0.5) is 42.0 Å². The fraction of sp³-hybridized carbons (Fsp3) is 0.125. The monoisotopic (exact) mass is 494 g/mol. The van der Waals surface area contributed by atoms with Crippen molar-refractivity contribution in [1.29, 1.82) is 0 Å². The molecule has 4 aromatic rings. The van der Waals surface area contributed by atoms with Gasteiger partial charge in [0.2, 0.25) is 11.9 Å². The van der Waals surface area contributed by atoms with Gasteiger partial charge in [0.1, 0.15) is 17.7 Å². The van der Waals surface area contributed by atoms with Crippen LogP contribution in [0.2, 0.25) is 0 Å². The van der Waals surface area contributed by atoms with E-state index in [4.69, 9.17) is 0 Å². The summed E-state index contributed by atoms with van der Waals surface area (Å²) in [5.74, 6) is -0.525. The fourth-order valence-electron chi connectivity index (χ4n) is 3.30. The average molecular weight is 494 g/mol. The number of hydrogen-bond donors (Lipinski definition) is 4. The molecule has 0 fully saturated rings. The van der Waals surface area contributed by atoms with Crippen molar-refractivity contribution in [2.75, 3.05) is 16.0 Å². The van der Waals surface area contributed by atoms with Crippen molar-refractivity contribution in [2.45, 2.75) is 20.0 Å². The molecule has 0 saturated heterocycles. The zero-order valence-electron chi connectivity index (χ0n) is 19.2. The molecule has 0 aliphatic rings.